The molecule has 15 heavy (non-hydrogen) atoms. The van der Waals surface area contributed by atoms with Crippen molar-refractivity contribution in [1.82, 2.24) is 0 Å². The molecule has 2 rings (SSSR count). The monoisotopic (exact) mass is 229 g/mol. The lowest BCUT2D eigenvalue weighted by Crippen LogP contribution is -2.44. The molecule has 0 aromatic heterocycles. The Morgan fingerprint density at radius 3 is 2.60 bits per heavy atom. The van der Waals surface area contributed by atoms with Gasteiger partial charge < -0.3 is 10.5 Å². The smallest absolute Gasteiger partial charge is 0.140 e. The van der Waals surface area contributed by atoms with E-state index < -0.39 is 5.54 Å². The van der Waals surface area contributed by atoms with E-state index in [0.717, 1.165) is 19.3 Å². The molecule has 0 amide bonds. The highest BCUT2D eigenvalue weighted by Gasteiger charge is 2.37. The summed E-state index contributed by atoms with van der Waals surface area (Å²) in [6.45, 7) is 0. The lowest BCUT2D eigenvalue weighted by Gasteiger charge is -2.38. The van der Waals surface area contributed by atoms with Crippen molar-refractivity contribution >= 4 is 11.6 Å². The molecule has 0 atom stereocenters. The van der Waals surface area contributed by atoms with Crippen LogP contribution in [0.3, 0.4) is 0 Å². The molecule has 0 aliphatic heterocycles. The van der Waals surface area contributed by atoms with Gasteiger partial charge in [-0.2, -0.15) is 0 Å². The van der Waals surface area contributed by atoms with Crippen molar-refractivity contribution in [2.45, 2.75) is 24.8 Å². The molecule has 4 heteroatoms. The fraction of sp³-hybridized carbons (Fsp3) is 0.455. The summed E-state index contributed by atoms with van der Waals surface area (Å²) in [5.74, 6) is 0.0132. The van der Waals surface area contributed by atoms with Crippen molar-refractivity contribution in [3.8, 4) is 5.75 Å². The highest BCUT2D eigenvalue weighted by Crippen LogP contribution is 2.42. The van der Waals surface area contributed by atoms with Gasteiger partial charge in [0.1, 0.15) is 11.6 Å². The Labute approximate surface area is 93.2 Å². The first kappa shape index (κ1) is 10.7. The Balaban J connectivity index is 2.45. The van der Waals surface area contributed by atoms with Crippen molar-refractivity contribution in [3.05, 3.63) is 28.5 Å². The largest absolute Gasteiger partial charge is 0.495 e. The zero-order chi connectivity index (χ0) is 11.1. The second-order valence-electron chi connectivity index (χ2n) is 3.98. The summed E-state index contributed by atoms with van der Waals surface area (Å²) in [4.78, 5) is 0. The van der Waals surface area contributed by atoms with Crippen molar-refractivity contribution in [3.63, 3.8) is 0 Å². The summed E-state index contributed by atoms with van der Waals surface area (Å²) >= 11 is 5.94. The average molecular weight is 230 g/mol. The Bertz CT molecular complexity index is 390. The van der Waals surface area contributed by atoms with Crippen molar-refractivity contribution in [1.29, 1.82) is 0 Å². The molecular weight excluding hydrogens is 217 g/mol. The molecule has 0 unspecified atom stereocenters. The summed E-state index contributed by atoms with van der Waals surface area (Å²) in [5.41, 5.74) is 6.02. The summed E-state index contributed by atoms with van der Waals surface area (Å²) in [6.07, 6.45) is 2.67. The van der Waals surface area contributed by atoms with Gasteiger partial charge in [-0.1, -0.05) is 11.6 Å². The molecule has 0 spiro atoms. The van der Waals surface area contributed by atoms with Crippen LogP contribution in [0.4, 0.5) is 4.39 Å². The lowest BCUT2D eigenvalue weighted by molar-refractivity contribution is 0.244. The molecular formula is C11H13ClFNO. The summed E-state index contributed by atoms with van der Waals surface area (Å²) < 4.78 is 18.6. The second kappa shape index (κ2) is 3.65. The standard InChI is InChI=1S/C11H13ClFNO/c1-15-10-6-9(13)7(5-8(10)12)11(14)3-2-4-11/h5-6H,2-4,14H2,1H3. The van der Waals surface area contributed by atoms with E-state index in [1.807, 2.05) is 0 Å². The molecule has 2 nitrogen and oxygen atoms in total. The van der Waals surface area contributed by atoms with Crippen LogP contribution in [0.25, 0.3) is 0 Å². The van der Waals surface area contributed by atoms with Gasteiger partial charge in [-0.25, -0.2) is 4.39 Å². The Hall–Kier alpha value is -0.800. The van der Waals surface area contributed by atoms with Gasteiger partial charge in [-0.3, -0.25) is 0 Å². The van der Waals surface area contributed by atoms with Crippen molar-refractivity contribution < 1.29 is 9.13 Å². The predicted octanol–water partition coefficient (Wildman–Crippen LogP) is 2.83. The lowest BCUT2D eigenvalue weighted by atomic mass is 9.72. The highest BCUT2D eigenvalue weighted by atomic mass is 35.5. The topological polar surface area (TPSA) is 35.2 Å². The molecule has 1 saturated carbocycles. The van der Waals surface area contributed by atoms with E-state index in [1.54, 1.807) is 6.07 Å². The molecule has 1 aliphatic carbocycles. The Morgan fingerprint density at radius 1 is 1.47 bits per heavy atom. The number of methoxy groups -OCH3 is 1. The van der Waals surface area contributed by atoms with Crippen LogP contribution in [0.5, 0.6) is 5.75 Å². The molecule has 1 aromatic carbocycles. The fourth-order valence-corrected chi connectivity index (χ4v) is 2.13. The zero-order valence-electron chi connectivity index (χ0n) is 8.52. The van der Waals surface area contributed by atoms with Gasteiger partial charge in [0.05, 0.1) is 12.1 Å². The first-order chi connectivity index (χ1) is 7.07. The van der Waals surface area contributed by atoms with E-state index >= 15 is 0 Å². The van der Waals surface area contributed by atoms with E-state index in [2.05, 4.69) is 0 Å². The van der Waals surface area contributed by atoms with E-state index in [-0.39, 0.29) is 5.82 Å². The predicted molar refractivity (Wildman–Crippen MR) is 57.7 cm³/mol. The fourth-order valence-electron chi connectivity index (χ4n) is 1.89. The quantitative estimate of drug-likeness (QED) is 0.847. The third kappa shape index (κ3) is 1.70. The van der Waals surface area contributed by atoms with Crippen LogP contribution in [0.15, 0.2) is 12.1 Å². The maximum Gasteiger partial charge on any atom is 0.140 e. The highest BCUT2D eigenvalue weighted by molar-refractivity contribution is 6.32. The van der Waals surface area contributed by atoms with Crippen LogP contribution in [0.2, 0.25) is 5.02 Å². The minimum absolute atomic E-state index is 0.335. The van der Waals surface area contributed by atoms with E-state index in [0.29, 0.717) is 16.3 Å². The number of ether oxygens (including phenoxy) is 1. The maximum atomic E-state index is 13.7. The number of hydrogen-bond acceptors (Lipinski definition) is 2. The molecule has 1 aliphatic rings. The SMILES string of the molecule is COc1cc(F)c(C2(N)CCC2)cc1Cl. The van der Waals surface area contributed by atoms with Gasteiger partial charge in [-0.15, -0.1) is 0 Å². The third-order valence-corrected chi connectivity index (χ3v) is 3.32. The van der Waals surface area contributed by atoms with Crippen LogP contribution >= 0.6 is 11.6 Å². The summed E-state index contributed by atoms with van der Waals surface area (Å²) in [7, 11) is 1.46. The number of benzene rings is 1. The number of halogens is 2. The minimum atomic E-state index is -0.528. The first-order valence-corrected chi connectivity index (χ1v) is 5.27. The van der Waals surface area contributed by atoms with Crippen LogP contribution in [0, 0.1) is 5.82 Å². The van der Waals surface area contributed by atoms with Gasteiger partial charge >= 0.3 is 0 Å². The van der Waals surface area contributed by atoms with E-state index in [9.17, 15) is 4.39 Å². The van der Waals surface area contributed by atoms with Gasteiger partial charge in [-0.05, 0) is 25.3 Å². The van der Waals surface area contributed by atoms with Crippen molar-refractivity contribution in [2.75, 3.05) is 7.11 Å². The second-order valence-corrected chi connectivity index (χ2v) is 4.38. The van der Waals surface area contributed by atoms with E-state index in [4.69, 9.17) is 22.1 Å². The average Bonchev–Trinajstić information content (AvgIpc) is 2.17. The van der Waals surface area contributed by atoms with Crippen LogP contribution in [-0.4, -0.2) is 7.11 Å². The molecule has 0 radical (unpaired) electrons. The van der Waals surface area contributed by atoms with Crippen molar-refractivity contribution in [2.24, 2.45) is 5.73 Å². The van der Waals surface area contributed by atoms with E-state index in [1.165, 1.54) is 13.2 Å². The molecule has 82 valence electrons. The number of rotatable bonds is 2. The maximum absolute atomic E-state index is 13.7. The molecule has 0 heterocycles. The molecule has 0 saturated heterocycles. The van der Waals surface area contributed by atoms with Crippen LogP contribution in [0.1, 0.15) is 24.8 Å². The normalized spacial score (nSPS) is 18.4. The zero-order valence-corrected chi connectivity index (χ0v) is 9.27. The number of nitrogens with two attached hydrogens (primary N) is 1. The summed E-state index contributed by atoms with van der Waals surface area (Å²) in [5, 5.41) is 0.408. The molecule has 0 bridgehead atoms. The Kier molecular flexibility index (Phi) is 2.61. The molecule has 1 aromatic rings. The van der Waals surface area contributed by atoms with Gasteiger partial charge in [0.2, 0.25) is 0 Å². The number of hydrogen-bond donors (Lipinski definition) is 1. The van der Waals surface area contributed by atoms with Gasteiger partial charge in [0, 0.05) is 17.2 Å². The first-order valence-electron chi connectivity index (χ1n) is 4.89. The summed E-state index contributed by atoms with van der Waals surface area (Å²) in [6, 6.07) is 2.87. The molecule has 2 N–H and O–H groups in total. The van der Waals surface area contributed by atoms with Gasteiger partial charge in [0.25, 0.3) is 0 Å². The van der Waals surface area contributed by atoms with Crippen LogP contribution < -0.4 is 10.5 Å². The van der Waals surface area contributed by atoms with Gasteiger partial charge in [0.15, 0.2) is 0 Å². The van der Waals surface area contributed by atoms with Crippen LogP contribution in [-0.2, 0) is 5.54 Å². The molecule has 1 fully saturated rings. The Morgan fingerprint density at radius 2 is 2.13 bits per heavy atom. The third-order valence-electron chi connectivity index (χ3n) is 3.02. The minimum Gasteiger partial charge on any atom is -0.495 e.